The number of nitrogens with zero attached hydrogens (tertiary/aromatic N) is 1. The molecule has 7 nitrogen and oxygen atoms in total. The van der Waals surface area contributed by atoms with Gasteiger partial charge in [0, 0.05) is 18.1 Å². The molecule has 0 radical (unpaired) electrons. The molecule has 1 fully saturated rings. The van der Waals surface area contributed by atoms with Crippen molar-refractivity contribution in [1.29, 1.82) is 0 Å². The molecule has 1 spiro atoms. The number of nitrogens with one attached hydrogen (secondary N) is 1. The van der Waals surface area contributed by atoms with Crippen molar-refractivity contribution in [3.8, 4) is 0 Å². The molecule has 5 rings (SSSR count). The minimum Gasteiger partial charge on any atom is -0.464 e. The number of benzene rings is 1. The molecule has 3 aromatic rings. The Balaban J connectivity index is 1.36. The van der Waals surface area contributed by atoms with Crippen molar-refractivity contribution < 1.29 is 24.0 Å². The molecule has 1 aliphatic carbocycles. The van der Waals surface area contributed by atoms with Crippen molar-refractivity contribution in [3.63, 3.8) is 0 Å². The molecule has 0 saturated heterocycles. The van der Waals surface area contributed by atoms with Crippen LogP contribution in [0.2, 0.25) is 0 Å². The van der Waals surface area contributed by atoms with Gasteiger partial charge in [0.05, 0.1) is 30.1 Å². The summed E-state index contributed by atoms with van der Waals surface area (Å²) >= 11 is 0. The highest BCUT2D eigenvalue weighted by molar-refractivity contribution is 6.43. The van der Waals surface area contributed by atoms with E-state index < -0.39 is 13.1 Å². The third-order valence-corrected chi connectivity index (χ3v) is 6.67. The Bertz CT molecular complexity index is 1080. The summed E-state index contributed by atoms with van der Waals surface area (Å²) < 4.78 is 13.9. The first-order chi connectivity index (χ1) is 15.1. The number of hydrogen-bond acceptors (Lipinski definition) is 5. The van der Waals surface area contributed by atoms with Gasteiger partial charge in [-0.2, -0.15) is 0 Å². The number of ether oxygens (including phenoxy) is 1. The molecular weight excluding hydrogens is 395 g/mol. The lowest BCUT2D eigenvalue weighted by Gasteiger charge is -2.41. The highest BCUT2D eigenvalue weighted by Gasteiger charge is 2.40. The Morgan fingerprint density at radius 1 is 1.23 bits per heavy atom. The van der Waals surface area contributed by atoms with Crippen LogP contribution in [-0.4, -0.2) is 40.2 Å². The Labute approximate surface area is 181 Å². The largest absolute Gasteiger partial charge is 0.475 e. The Morgan fingerprint density at radius 3 is 2.84 bits per heavy atom. The van der Waals surface area contributed by atoms with Gasteiger partial charge in [0.2, 0.25) is 0 Å². The first-order valence-electron chi connectivity index (χ1n) is 11.0. The minimum atomic E-state index is -1.69. The molecule has 1 amide bonds. The fourth-order valence-corrected chi connectivity index (χ4v) is 5.05. The number of aromatic nitrogens is 1. The van der Waals surface area contributed by atoms with Crippen molar-refractivity contribution >= 4 is 24.0 Å². The quantitative estimate of drug-likeness (QED) is 0.550. The smallest absolute Gasteiger partial charge is 0.464 e. The van der Waals surface area contributed by atoms with Crippen LogP contribution in [0.3, 0.4) is 0 Å². The van der Waals surface area contributed by atoms with Gasteiger partial charge in [-0.25, -0.2) is 0 Å². The van der Waals surface area contributed by atoms with Crippen LogP contribution < -0.4 is 5.32 Å². The molecule has 3 heterocycles. The zero-order valence-electron chi connectivity index (χ0n) is 17.4. The molecular formula is C23H27BN2O5. The number of amides is 1. The lowest BCUT2D eigenvalue weighted by molar-refractivity contribution is -0.100. The Morgan fingerprint density at radius 2 is 2.03 bits per heavy atom. The molecule has 0 unspecified atom stereocenters. The van der Waals surface area contributed by atoms with E-state index >= 15 is 0 Å². The molecule has 1 atom stereocenters. The summed E-state index contributed by atoms with van der Waals surface area (Å²) in [7, 11) is -1.69. The maximum atomic E-state index is 13.0. The van der Waals surface area contributed by atoms with Crippen molar-refractivity contribution in [2.24, 2.45) is 0 Å². The summed E-state index contributed by atoms with van der Waals surface area (Å²) in [6, 6.07) is 9.47. The first-order valence-corrected chi connectivity index (χ1v) is 11.0. The summed E-state index contributed by atoms with van der Waals surface area (Å²) in [4.78, 5) is 13.0. The number of carbonyl (C=O) groups is 1. The van der Waals surface area contributed by atoms with Crippen LogP contribution in [0.4, 0.5) is 0 Å². The summed E-state index contributed by atoms with van der Waals surface area (Å²) in [5, 5.41) is 23.6. The summed E-state index contributed by atoms with van der Waals surface area (Å²) in [6.07, 6.45) is 9.14. The molecule has 162 valence electrons. The maximum absolute atomic E-state index is 13.0. The third-order valence-electron chi connectivity index (χ3n) is 6.67. The average molecular weight is 422 g/mol. The van der Waals surface area contributed by atoms with Gasteiger partial charge in [0.25, 0.3) is 5.91 Å². The number of rotatable bonds is 5. The zero-order valence-corrected chi connectivity index (χ0v) is 17.4. The molecule has 1 aromatic carbocycles. The predicted molar refractivity (Wildman–Crippen MR) is 117 cm³/mol. The SMILES string of the molecule is O=C(N[C@@H](Cc1coc2ccccc12)B(O)O)c1cc2n(c1)CCOC21CCCCC1. The second kappa shape index (κ2) is 8.18. The molecule has 31 heavy (non-hydrogen) atoms. The van der Waals surface area contributed by atoms with E-state index in [2.05, 4.69) is 9.88 Å². The fourth-order valence-electron chi connectivity index (χ4n) is 5.05. The van der Waals surface area contributed by atoms with Crippen LogP contribution in [0.25, 0.3) is 11.0 Å². The zero-order chi connectivity index (χ0) is 21.4. The van der Waals surface area contributed by atoms with E-state index in [9.17, 15) is 14.8 Å². The maximum Gasteiger partial charge on any atom is 0.475 e. The van der Waals surface area contributed by atoms with Gasteiger partial charge < -0.3 is 29.1 Å². The standard InChI is InChI=1S/C23H27BN2O5/c27-22(16-12-20-23(8-4-1-5-9-23)31-11-10-26(20)14-16)25-21(24(28)29)13-17-15-30-19-7-3-2-6-18(17)19/h2-3,6-7,12,14-15,21,28-29H,1,4-5,8-11,13H2,(H,25,27)/t21-/m0/s1. The van der Waals surface area contributed by atoms with Crippen LogP contribution >= 0.6 is 0 Å². The van der Waals surface area contributed by atoms with Crippen molar-refractivity contribution in [3.05, 3.63) is 59.6 Å². The van der Waals surface area contributed by atoms with Crippen molar-refractivity contribution in [1.82, 2.24) is 9.88 Å². The molecule has 2 aliphatic rings. The van der Waals surface area contributed by atoms with Crippen LogP contribution in [0, 0.1) is 0 Å². The van der Waals surface area contributed by atoms with Crippen LogP contribution in [-0.2, 0) is 23.3 Å². The lowest BCUT2D eigenvalue weighted by Crippen LogP contribution is -2.47. The van der Waals surface area contributed by atoms with E-state index in [0.717, 1.165) is 54.5 Å². The first kappa shape index (κ1) is 20.4. The highest BCUT2D eigenvalue weighted by Crippen LogP contribution is 2.43. The number of furan rings is 1. The fraction of sp³-hybridized carbons (Fsp3) is 0.435. The monoisotopic (exact) mass is 422 g/mol. The topological polar surface area (TPSA) is 96.9 Å². The van der Waals surface area contributed by atoms with E-state index in [-0.39, 0.29) is 17.9 Å². The number of carbonyl (C=O) groups excluding carboxylic acids is 1. The summed E-state index contributed by atoms with van der Waals surface area (Å²) in [6.45, 7) is 1.37. The molecule has 8 heteroatoms. The van der Waals surface area contributed by atoms with Gasteiger partial charge in [-0.3, -0.25) is 4.79 Å². The third kappa shape index (κ3) is 3.80. The van der Waals surface area contributed by atoms with E-state index in [1.54, 1.807) is 6.26 Å². The Kier molecular flexibility index (Phi) is 5.38. The van der Waals surface area contributed by atoms with Gasteiger partial charge >= 0.3 is 7.12 Å². The normalized spacial score (nSPS) is 18.6. The summed E-state index contributed by atoms with van der Waals surface area (Å²) in [5.74, 6) is -1.18. The van der Waals surface area contributed by atoms with Crippen molar-refractivity contribution in [2.45, 2.75) is 56.6 Å². The van der Waals surface area contributed by atoms with Crippen LogP contribution in [0.5, 0.6) is 0 Å². The lowest BCUT2D eigenvalue weighted by atomic mass is 9.75. The van der Waals surface area contributed by atoms with E-state index in [0.29, 0.717) is 12.2 Å². The van der Waals surface area contributed by atoms with Gasteiger partial charge in [-0.05, 0) is 37.0 Å². The molecule has 1 aliphatic heterocycles. The molecule has 3 N–H and O–H groups in total. The number of para-hydroxylation sites is 1. The Hall–Kier alpha value is -2.55. The van der Waals surface area contributed by atoms with E-state index in [4.69, 9.17) is 9.15 Å². The molecule has 1 saturated carbocycles. The van der Waals surface area contributed by atoms with Gasteiger partial charge in [-0.15, -0.1) is 0 Å². The number of fused-ring (bicyclic) bond motifs is 3. The average Bonchev–Trinajstić information content (AvgIpc) is 3.39. The second-order valence-corrected chi connectivity index (χ2v) is 8.67. The molecule has 2 aromatic heterocycles. The van der Waals surface area contributed by atoms with Gasteiger partial charge in [-0.1, -0.05) is 37.5 Å². The second-order valence-electron chi connectivity index (χ2n) is 8.67. The number of hydrogen-bond donors (Lipinski definition) is 3. The van der Waals surface area contributed by atoms with Gasteiger partial charge in [0.1, 0.15) is 11.2 Å². The van der Waals surface area contributed by atoms with Crippen LogP contribution in [0.15, 0.2) is 47.2 Å². The predicted octanol–water partition coefficient (Wildman–Crippen LogP) is 2.78. The van der Waals surface area contributed by atoms with E-state index in [1.807, 2.05) is 36.5 Å². The van der Waals surface area contributed by atoms with Gasteiger partial charge in [0.15, 0.2) is 0 Å². The van der Waals surface area contributed by atoms with Crippen LogP contribution in [0.1, 0.15) is 53.7 Å². The van der Waals surface area contributed by atoms with E-state index in [1.165, 1.54) is 6.42 Å². The highest BCUT2D eigenvalue weighted by atomic mass is 16.5. The molecule has 0 bridgehead atoms. The minimum absolute atomic E-state index is 0.251. The summed E-state index contributed by atoms with van der Waals surface area (Å²) in [5.41, 5.74) is 2.84. The van der Waals surface area contributed by atoms with Crippen molar-refractivity contribution in [2.75, 3.05) is 6.61 Å².